The summed E-state index contributed by atoms with van der Waals surface area (Å²) in [5.41, 5.74) is 6.36. The summed E-state index contributed by atoms with van der Waals surface area (Å²) in [6, 6.07) is 5.65. The largest absolute Gasteiger partial charge is 0.393 e. The Morgan fingerprint density at radius 2 is 2.25 bits per heavy atom. The van der Waals surface area contributed by atoms with Crippen LogP contribution in [0, 0.1) is 0 Å². The lowest BCUT2D eigenvalue weighted by Crippen LogP contribution is -2.11. The van der Waals surface area contributed by atoms with Crippen molar-refractivity contribution in [3.05, 3.63) is 33.3 Å². The standard InChI is InChI=1S/C8H7BrClNS/c9-6-2-1-5(3-8(11)12)7(10)4-6/h1-2,4H,3H2,(H2,11,12). The smallest absolute Gasteiger partial charge is 0.0772 e. The number of hydrogen-bond acceptors (Lipinski definition) is 1. The van der Waals surface area contributed by atoms with Crippen LogP contribution in [0.15, 0.2) is 22.7 Å². The maximum absolute atomic E-state index is 5.93. The fourth-order valence-corrected chi connectivity index (χ4v) is 1.75. The van der Waals surface area contributed by atoms with E-state index in [1.165, 1.54) is 0 Å². The zero-order valence-electron chi connectivity index (χ0n) is 6.18. The Labute approximate surface area is 90.0 Å². The zero-order valence-corrected chi connectivity index (χ0v) is 9.34. The van der Waals surface area contributed by atoms with Crippen LogP contribution in [0.4, 0.5) is 0 Å². The van der Waals surface area contributed by atoms with Crippen molar-refractivity contribution >= 4 is 44.7 Å². The van der Waals surface area contributed by atoms with Crippen molar-refractivity contribution in [1.82, 2.24) is 0 Å². The fourth-order valence-electron chi connectivity index (χ4n) is 0.853. The van der Waals surface area contributed by atoms with Gasteiger partial charge in [-0.1, -0.05) is 45.8 Å². The van der Waals surface area contributed by atoms with Crippen LogP contribution < -0.4 is 5.73 Å². The predicted molar refractivity (Wildman–Crippen MR) is 59.6 cm³/mol. The van der Waals surface area contributed by atoms with E-state index >= 15 is 0 Å². The molecule has 12 heavy (non-hydrogen) atoms. The van der Waals surface area contributed by atoms with Gasteiger partial charge in [0.15, 0.2) is 0 Å². The molecule has 0 amide bonds. The van der Waals surface area contributed by atoms with Crippen molar-refractivity contribution in [2.75, 3.05) is 0 Å². The van der Waals surface area contributed by atoms with Crippen LogP contribution in [0.3, 0.4) is 0 Å². The number of hydrogen-bond donors (Lipinski definition) is 1. The topological polar surface area (TPSA) is 26.0 Å². The molecular formula is C8H7BrClNS. The number of halogens is 2. The number of thiocarbonyl (C=S) groups is 1. The highest BCUT2D eigenvalue weighted by Gasteiger charge is 2.01. The lowest BCUT2D eigenvalue weighted by atomic mass is 10.1. The van der Waals surface area contributed by atoms with Crippen LogP contribution in [0.1, 0.15) is 5.56 Å². The molecule has 0 atom stereocenters. The van der Waals surface area contributed by atoms with Gasteiger partial charge >= 0.3 is 0 Å². The second-order valence-corrected chi connectivity index (χ2v) is 4.23. The van der Waals surface area contributed by atoms with E-state index in [4.69, 9.17) is 29.6 Å². The van der Waals surface area contributed by atoms with Gasteiger partial charge in [-0.15, -0.1) is 0 Å². The quantitative estimate of drug-likeness (QED) is 0.831. The van der Waals surface area contributed by atoms with E-state index in [9.17, 15) is 0 Å². The number of nitrogens with two attached hydrogens (primary N) is 1. The summed E-state index contributed by atoms with van der Waals surface area (Å²) >= 11 is 14.0. The molecule has 2 N–H and O–H groups in total. The Balaban J connectivity index is 2.93. The Kier molecular flexibility index (Phi) is 3.50. The monoisotopic (exact) mass is 263 g/mol. The molecule has 64 valence electrons. The maximum atomic E-state index is 5.93. The van der Waals surface area contributed by atoms with Crippen LogP contribution >= 0.6 is 39.7 Å². The van der Waals surface area contributed by atoms with E-state index in [1.54, 1.807) is 0 Å². The first-order valence-electron chi connectivity index (χ1n) is 3.32. The molecule has 0 aliphatic rings. The third-order valence-corrected chi connectivity index (χ3v) is 2.37. The summed E-state index contributed by atoms with van der Waals surface area (Å²) in [7, 11) is 0. The lowest BCUT2D eigenvalue weighted by molar-refractivity contribution is 1.32. The summed E-state index contributed by atoms with van der Waals surface area (Å²) in [5, 5.41) is 0.692. The second kappa shape index (κ2) is 4.21. The van der Waals surface area contributed by atoms with Crippen molar-refractivity contribution < 1.29 is 0 Å². The fraction of sp³-hybridized carbons (Fsp3) is 0.125. The van der Waals surface area contributed by atoms with Gasteiger partial charge in [0.1, 0.15) is 0 Å². The predicted octanol–water partition coefficient (Wildman–Crippen LogP) is 2.93. The van der Waals surface area contributed by atoms with Gasteiger partial charge in [0, 0.05) is 15.9 Å². The van der Waals surface area contributed by atoms with Gasteiger partial charge in [-0.05, 0) is 17.7 Å². The van der Waals surface area contributed by atoms with Crippen LogP contribution in [0.2, 0.25) is 5.02 Å². The van der Waals surface area contributed by atoms with Gasteiger partial charge < -0.3 is 5.73 Å². The molecule has 0 aliphatic heterocycles. The summed E-state index contributed by atoms with van der Waals surface area (Å²) < 4.78 is 0.958. The average molecular weight is 265 g/mol. The second-order valence-electron chi connectivity index (χ2n) is 2.38. The Bertz CT molecular complexity index is 314. The highest BCUT2D eigenvalue weighted by Crippen LogP contribution is 2.21. The van der Waals surface area contributed by atoms with Gasteiger partial charge in [-0.25, -0.2) is 0 Å². The van der Waals surface area contributed by atoms with Crippen molar-refractivity contribution in [2.24, 2.45) is 5.73 Å². The molecule has 0 bridgehead atoms. The van der Waals surface area contributed by atoms with E-state index in [0.717, 1.165) is 10.0 Å². The summed E-state index contributed by atoms with van der Waals surface area (Å²) in [6.45, 7) is 0. The van der Waals surface area contributed by atoms with E-state index < -0.39 is 0 Å². The molecular weight excluding hydrogens is 258 g/mol. The van der Waals surface area contributed by atoms with Gasteiger partial charge in [-0.2, -0.15) is 0 Å². The third kappa shape index (κ3) is 2.73. The molecule has 0 unspecified atom stereocenters. The van der Waals surface area contributed by atoms with Crippen molar-refractivity contribution in [3.8, 4) is 0 Å². The highest BCUT2D eigenvalue weighted by molar-refractivity contribution is 9.10. The molecule has 1 nitrogen and oxygen atoms in total. The van der Waals surface area contributed by atoms with Gasteiger partial charge in [-0.3, -0.25) is 0 Å². The highest BCUT2D eigenvalue weighted by atomic mass is 79.9. The van der Waals surface area contributed by atoms with Crippen LogP contribution in [0.5, 0.6) is 0 Å². The molecule has 0 saturated heterocycles. The Morgan fingerprint density at radius 3 is 2.75 bits per heavy atom. The third-order valence-electron chi connectivity index (χ3n) is 1.38. The molecule has 0 aliphatic carbocycles. The first-order chi connectivity index (χ1) is 5.59. The van der Waals surface area contributed by atoms with E-state index in [-0.39, 0.29) is 0 Å². The normalized spacial score (nSPS) is 9.83. The lowest BCUT2D eigenvalue weighted by Gasteiger charge is -2.02. The minimum Gasteiger partial charge on any atom is -0.393 e. The van der Waals surface area contributed by atoms with Crippen LogP contribution in [-0.2, 0) is 6.42 Å². The first kappa shape index (κ1) is 9.96. The van der Waals surface area contributed by atoms with Crippen molar-refractivity contribution in [1.29, 1.82) is 0 Å². The van der Waals surface area contributed by atoms with E-state index in [0.29, 0.717) is 16.4 Å². The molecule has 1 aromatic rings. The van der Waals surface area contributed by atoms with Crippen LogP contribution in [0.25, 0.3) is 0 Å². The molecule has 1 aromatic carbocycles. The van der Waals surface area contributed by atoms with Gasteiger partial charge in [0.05, 0.1) is 4.99 Å². The van der Waals surface area contributed by atoms with Crippen molar-refractivity contribution in [2.45, 2.75) is 6.42 Å². The minimum atomic E-state index is 0.458. The van der Waals surface area contributed by atoms with Crippen molar-refractivity contribution in [3.63, 3.8) is 0 Å². The summed E-state index contributed by atoms with van der Waals surface area (Å²) in [4.78, 5) is 0.458. The summed E-state index contributed by atoms with van der Waals surface area (Å²) in [5.74, 6) is 0. The summed E-state index contributed by atoms with van der Waals surface area (Å²) in [6.07, 6.45) is 0.557. The van der Waals surface area contributed by atoms with Gasteiger partial charge in [0.2, 0.25) is 0 Å². The first-order valence-corrected chi connectivity index (χ1v) is 4.90. The van der Waals surface area contributed by atoms with E-state index in [2.05, 4.69) is 15.9 Å². The molecule has 0 fully saturated rings. The zero-order chi connectivity index (χ0) is 9.14. The molecule has 1 rings (SSSR count). The van der Waals surface area contributed by atoms with Gasteiger partial charge in [0.25, 0.3) is 0 Å². The minimum absolute atomic E-state index is 0.458. The van der Waals surface area contributed by atoms with E-state index in [1.807, 2.05) is 18.2 Å². The number of benzene rings is 1. The molecule has 0 saturated carbocycles. The molecule has 0 aromatic heterocycles. The van der Waals surface area contributed by atoms with Crippen LogP contribution in [-0.4, -0.2) is 4.99 Å². The molecule has 4 heteroatoms. The Morgan fingerprint density at radius 1 is 1.58 bits per heavy atom. The molecule has 0 radical (unpaired) electrons. The average Bonchev–Trinajstić information content (AvgIpc) is 1.94. The number of rotatable bonds is 2. The maximum Gasteiger partial charge on any atom is 0.0772 e. The molecule has 0 spiro atoms. The Hall–Kier alpha value is -0.120. The SMILES string of the molecule is NC(=S)Cc1ccc(Br)cc1Cl. The molecule has 0 heterocycles.